The molecular weight excluding hydrogens is 151 g/mol. The standard InChI is InChI=1S/C4H10N.Y/c1-3-4(2)5;/h3-4H,5H2,1-2H3;/q-1;. The molecule has 0 heterocycles. The summed E-state index contributed by atoms with van der Waals surface area (Å²) in [5, 5.41) is 0. The number of rotatable bonds is 1. The minimum absolute atomic E-state index is 0. The van der Waals surface area contributed by atoms with Gasteiger partial charge in [-0.2, -0.15) is 6.92 Å². The molecule has 1 atom stereocenters. The van der Waals surface area contributed by atoms with Gasteiger partial charge in [0.25, 0.3) is 0 Å². The van der Waals surface area contributed by atoms with Gasteiger partial charge in [0.05, 0.1) is 0 Å². The van der Waals surface area contributed by atoms with E-state index in [1.807, 2.05) is 20.3 Å². The van der Waals surface area contributed by atoms with Crippen LogP contribution in [0.2, 0.25) is 0 Å². The van der Waals surface area contributed by atoms with Gasteiger partial charge in [-0.25, -0.2) is 0 Å². The van der Waals surface area contributed by atoms with Crippen molar-refractivity contribution in [2.75, 3.05) is 0 Å². The maximum absolute atomic E-state index is 5.24. The van der Waals surface area contributed by atoms with E-state index in [1.165, 1.54) is 0 Å². The largest absolute Gasteiger partial charge is 0.357 e. The second-order valence-corrected chi connectivity index (χ2v) is 1.19. The predicted molar refractivity (Wildman–Crippen MR) is 23.6 cm³/mol. The normalized spacial score (nSPS) is 12.5. The van der Waals surface area contributed by atoms with Gasteiger partial charge in [-0.1, -0.05) is 6.92 Å². The molecule has 0 saturated carbocycles. The summed E-state index contributed by atoms with van der Waals surface area (Å²) in [4.78, 5) is 0. The third kappa shape index (κ3) is 8.91. The van der Waals surface area contributed by atoms with E-state index >= 15 is 0 Å². The van der Waals surface area contributed by atoms with Gasteiger partial charge in [-0.3, -0.25) is 0 Å². The fraction of sp³-hybridized carbons (Fsp3) is 0.750. The second-order valence-electron chi connectivity index (χ2n) is 1.19. The summed E-state index contributed by atoms with van der Waals surface area (Å²) in [7, 11) is 0. The Hall–Kier alpha value is 1.06. The molecule has 0 aliphatic carbocycles. The van der Waals surface area contributed by atoms with E-state index in [-0.39, 0.29) is 38.8 Å². The zero-order chi connectivity index (χ0) is 4.28. The molecule has 0 aliphatic rings. The molecular formula is C4H10NY-. The molecule has 2 N–H and O–H groups in total. The molecule has 0 bridgehead atoms. The summed E-state index contributed by atoms with van der Waals surface area (Å²) >= 11 is 0. The average molecular weight is 161 g/mol. The maximum atomic E-state index is 5.24. The molecule has 35 valence electrons. The molecule has 0 amide bonds. The number of hydrogen-bond acceptors (Lipinski definition) is 1. The van der Waals surface area contributed by atoms with Gasteiger partial charge in [-0.05, 0) is 0 Å². The summed E-state index contributed by atoms with van der Waals surface area (Å²) in [6.45, 7) is 3.89. The summed E-state index contributed by atoms with van der Waals surface area (Å²) in [6.07, 6.45) is 1.94. The van der Waals surface area contributed by atoms with Gasteiger partial charge in [0.1, 0.15) is 0 Å². The van der Waals surface area contributed by atoms with Crippen molar-refractivity contribution in [2.45, 2.75) is 19.9 Å². The molecule has 2 heteroatoms. The first-order valence-electron chi connectivity index (χ1n) is 1.82. The van der Waals surface area contributed by atoms with Crippen LogP contribution < -0.4 is 5.73 Å². The van der Waals surface area contributed by atoms with Crippen molar-refractivity contribution in [1.29, 1.82) is 0 Å². The van der Waals surface area contributed by atoms with E-state index in [0.29, 0.717) is 0 Å². The van der Waals surface area contributed by atoms with Crippen LogP contribution in [0, 0.1) is 6.42 Å². The van der Waals surface area contributed by atoms with Crippen molar-refractivity contribution in [3.8, 4) is 0 Å². The van der Waals surface area contributed by atoms with Gasteiger partial charge < -0.3 is 12.2 Å². The summed E-state index contributed by atoms with van der Waals surface area (Å²) in [5.74, 6) is 0. The van der Waals surface area contributed by atoms with Gasteiger partial charge in [0, 0.05) is 32.7 Å². The van der Waals surface area contributed by atoms with Crippen LogP contribution in [0.5, 0.6) is 0 Å². The summed E-state index contributed by atoms with van der Waals surface area (Å²) in [5.41, 5.74) is 5.24. The van der Waals surface area contributed by atoms with Crippen molar-refractivity contribution in [3.05, 3.63) is 6.42 Å². The van der Waals surface area contributed by atoms with Crippen LogP contribution in [-0.2, 0) is 32.7 Å². The molecule has 1 unspecified atom stereocenters. The molecule has 0 rings (SSSR count). The van der Waals surface area contributed by atoms with Crippen molar-refractivity contribution in [2.24, 2.45) is 5.73 Å². The Kier molecular flexibility index (Phi) is 10.2. The Morgan fingerprint density at radius 1 is 1.67 bits per heavy atom. The zero-order valence-corrected chi connectivity index (χ0v) is 7.15. The molecule has 0 fully saturated rings. The number of nitrogens with two attached hydrogens (primary N) is 1. The summed E-state index contributed by atoms with van der Waals surface area (Å²) in [6, 6.07) is 0.259. The number of hydrogen-bond donors (Lipinski definition) is 1. The Bertz CT molecular complexity index is 21.5. The first-order valence-corrected chi connectivity index (χ1v) is 1.82. The maximum Gasteiger partial charge on any atom is 0 e. The van der Waals surface area contributed by atoms with Gasteiger partial charge in [0.15, 0.2) is 0 Å². The molecule has 0 aliphatic heterocycles. The van der Waals surface area contributed by atoms with Crippen LogP contribution in [0.3, 0.4) is 0 Å². The van der Waals surface area contributed by atoms with Crippen LogP contribution in [-0.4, -0.2) is 6.04 Å². The van der Waals surface area contributed by atoms with Gasteiger partial charge >= 0.3 is 0 Å². The fourth-order valence-corrected chi connectivity index (χ4v) is 0. The van der Waals surface area contributed by atoms with E-state index in [9.17, 15) is 0 Å². The molecule has 1 nitrogen and oxygen atoms in total. The minimum atomic E-state index is 0. The average Bonchev–Trinajstić information content (AvgIpc) is 1.38. The van der Waals surface area contributed by atoms with Crippen molar-refractivity contribution in [3.63, 3.8) is 0 Å². The first-order chi connectivity index (χ1) is 2.27. The van der Waals surface area contributed by atoms with Crippen LogP contribution in [0.15, 0.2) is 0 Å². The van der Waals surface area contributed by atoms with Gasteiger partial charge in [0.2, 0.25) is 0 Å². The second kappa shape index (κ2) is 6.06. The third-order valence-corrected chi connectivity index (χ3v) is 0.526. The SMILES string of the molecule is C[CH-]C(C)N.[Y]. The van der Waals surface area contributed by atoms with E-state index in [0.717, 1.165) is 0 Å². The van der Waals surface area contributed by atoms with E-state index in [1.54, 1.807) is 0 Å². The van der Waals surface area contributed by atoms with Crippen LogP contribution in [0.1, 0.15) is 13.8 Å². The molecule has 0 aromatic carbocycles. The Labute approximate surface area is 64.6 Å². The molecule has 6 heavy (non-hydrogen) atoms. The fourth-order valence-electron chi connectivity index (χ4n) is 0. The predicted octanol–water partition coefficient (Wildman–Crippen LogP) is 0.555. The Morgan fingerprint density at radius 2 is 1.83 bits per heavy atom. The van der Waals surface area contributed by atoms with E-state index < -0.39 is 0 Å². The van der Waals surface area contributed by atoms with Crippen LogP contribution in [0.4, 0.5) is 0 Å². The Balaban J connectivity index is 0. The monoisotopic (exact) mass is 161 g/mol. The van der Waals surface area contributed by atoms with Gasteiger partial charge in [-0.15, -0.1) is 6.04 Å². The van der Waals surface area contributed by atoms with E-state index in [2.05, 4.69) is 0 Å². The topological polar surface area (TPSA) is 26.0 Å². The minimum Gasteiger partial charge on any atom is -0.357 e. The quantitative estimate of drug-likeness (QED) is 0.558. The molecule has 0 spiro atoms. The van der Waals surface area contributed by atoms with Crippen molar-refractivity contribution >= 4 is 0 Å². The first kappa shape index (κ1) is 10.1. The van der Waals surface area contributed by atoms with Crippen molar-refractivity contribution in [1.82, 2.24) is 0 Å². The zero-order valence-electron chi connectivity index (χ0n) is 4.31. The van der Waals surface area contributed by atoms with E-state index in [4.69, 9.17) is 5.73 Å². The Morgan fingerprint density at radius 3 is 1.83 bits per heavy atom. The molecule has 0 saturated heterocycles. The van der Waals surface area contributed by atoms with Crippen LogP contribution in [0.25, 0.3) is 0 Å². The molecule has 1 radical (unpaired) electrons. The van der Waals surface area contributed by atoms with Crippen molar-refractivity contribution < 1.29 is 32.7 Å². The smallest absolute Gasteiger partial charge is 0 e. The molecule has 0 aromatic rings. The third-order valence-electron chi connectivity index (χ3n) is 0.526. The molecule has 0 aromatic heterocycles. The summed E-state index contributed by atoms with van der Waals surface area (Å²) < 4.78 is 0. The van der Waals surface area contributed by atoms with Crippen LogP contribution >= 0.6 is 0 Å².